The molecule has 1 saturated heterocycles. The molecule has 1 aliphatic rings. The van der Waals surface area contributed by atoms with Gasteiger partial charge in [-0.1, -0.05) is 11.8 Å². The largest absolute Gasteiger partial charge is 0.326 e. The standard InChI is InChI=1S/C18H15F2N3O2S/c1-23-17(25)15(10-16(24)21-13-6-2-11(19)3-7-13)26-18(23)22-14-8-4-12(20)5-9-14/h2-9,15H,10H2,1H3,(H,21,24)/t15-/m0/s1. The average Bonchev–Trinajstić information content (AvgIpc) is 2.87. The second-order valence-corrected chi connectivity index (χ2v) is 6.80. The molecule has 26 heavy (non-hydrogen) atoms. The number of halogens is 2. The number of nitrogens with one attached hydrogen (secondary N) is 1. The van der Waals surface area contributed by atoms with Crippen LogP contribution in [0.15, 0.2) is 53.5 Å². The van der Waals surface area contributed by atoms with E-state index in [0.29, 0.717) is 16.5 Å². The van der Waals surface area contributed by atoms with Crippen molar-refractivity contribution in [3.05, 3.63) is 60.2 Å². The zero-order valence-corrected chi connectivity index (χ0v) is 14.6. The molecule has 1 aliphatic heterocycles. The van der Waals surface area contributed by atoms with E-state index in [-0.39, 0.29) is 24.1 Å². The summed E-state index contributed by atoms with van der Waals surface area (Å²) in [7, 11) is 1.58. The summed E-state index contributed by atoms with van der Waals surface area (Å²) in [4.78, 5) is 30.2. The van der Waals surface area contributed by atoms with E-state index in [1.54, 1.807) is 7.05 Å². The first-order chi connectivity index (χ1) is 12.4. The number of carbonyl (C=O) groups is 2. The van der Waals surface area contributed by atoms with E-state index in [1.165, 1.54) is 65.2 Å². The van der Waals surface area contributed by atoms with Gasteiger partial charge >= 0.3 is 0 Å². The highest BCUT2D eigenvalue weighted by atomic mass is 32.2. The lowest BCUT2D eigenvalue weighted by Gasteiger charge is -2.09. The smallest absolute Gasteiger partial charge is 0.242 e. The van der Waals surface area contributed by atoms with Gasteiger partial charge in [0, 0.05) is 19.2 Å². The van der Waals surface area contributed by atoms with Crippen LogP contribution in [0.4, 0.5) is 20.2 Å². The minimum atomic E-state index is -0.598. The van der Waals surface area contributed by atoms with E-state index in [9.17, 15) is 18.4 Å². The summed E-state index contributed by atoms with van der Waals surface area (Å²) in [5, 5.41) is 2.48. The van der Waals surface area contributed by atoms with Gasteiger partial charge in [0.15, 0.2) is 5.17 Å². The average molecular weight is 375 g/mol. The minimum absolute atomic E-state index is 0.0341. The second-order valence-electron chi connectivity index (χ2n) is 5.63. The number of hydrogen-bond donors (Lipinski definition) is 1. The van der Waals surface area contributed by atoms with Crippen molar-refractivity contribution in [2.75, 3.05) is 12.4 Å². The molecule has 8 heteroatoms. The molecule has 2 amide bonds. The van der Waals surface area contributed by atoms with Gasteiger partial charge in [-0.25, -0.2) is 13.8 Å². The summed E-state index contributed by atoms with van der Waals surface area (Å²) >= 11 is 1.18. The van der Waals surface area contributed by atoms with Crippen LogP contribution in [-0.4, -0.2) is 34.2 Å². The number of anilines is 1. The van der Waals surface area contributed by atoms with Crippen molar-refractivity contribution in [3.8, 4) is 0 Å². The molecule has 1 heterocycles. The number of thioether (sulfide) groups is 1. The zero-order valence-electron chi connectivity index (χ0n) is 13.8. The molecule has 0 unspecified atom stereocenters. The van der Waals surface area contributed by atoms with Gasteiger partial charge < -0.3 is 5.32 Å². The van der Waals surface area contributed by atoms with Crippen LogP contribution in [-0.2, 0) is 9.59 Å². The fourth-order valence-corrected chi connectivity index (χ4v) is 3.49. The molecule has 2 aromatic rings. The van der Waals surface area contributed by atoms with Crippen LogP contribution in [0.5, 0.6) is 0 Å². The van der Waals surface area contributed by atoms with Crippen molar-refractivity contribution in [1.29, 1.82) is 0 Å². The Labute approximate surface area is 153 Å². The lowest BCUT2D eigenvalue weighted by atomic mass is 10.2. The van der Waals surface area contributed by atoms with Gasteiger partial charge in [0.2, 0.25) is 11.8 Å². The topological polar surface area (TPSA) is 61.8 Å². The third-order valence-corrected chi connectivity index (χ3v) is 4.92. The summed E-state index contributed by atoms with van der Waals surface area (Å²) in [6, 6.07) is 11.0. The van der Waals surface area contributed by atoms with E-state index in [0.717, 1.165) is 0 Å². The van der Waals surface area contributed by atoms with Crippen LogP contribution >= 0.6 is 11.8 Å². The number of benzene rings is 2. The number of aliphatic imine (C=N–C) groups is 1. The monoisotopic (exact) mass is 375 g/mol. The maximum atomic E-state index is 13.0. The zero-order chi connectivity index (χ0) is 18.7. The molecule has 2 aromatic carbocycles. The third kappa shape index (κ3) is 4.26. The van der Waals surface area contributed by atoms with Crippen LogP contribution in [0.2, 0.25) is 0 Å². The molecular weight excluding hydrogens is 360 g/mol. The molecule has 0 bridgehead atoms. The number of carbonyl (C=O) groups excluding carboxylic acids is 2. The lowest BCUT2D eigenvalue weighted by molar-refractivity contribution is -0.127. The first-order valence-corrected chi connectivity index (χ1v) is 8.64. The van der Waals surface area contributed by atoms with Crippen molar-refractivity contribution in [1.82, 2.24) is 4.90 Å². The molecule has 0 radical (unpaired) electrons. The van der Waals surface area contributed by atoms with Crippen LogP contribution < -0.4 is 5.32 Å². The third-order valence-electron chi connectivity index (χ3n) is 3.69. The first kappa shape index (κ1) is 18.1. The molecule has 5 nitrogen and oxygen atoms in total. The highest BCUT2D eigenvalue weighted by Gasteiger charge is 2.36. The maximum Gasteiger partial charge on any atom is 0.242 e. The molecule has 3 rings (SSSR count). The van der Waals surface area contributed by atoms with Gasteiger partial charge in [-0.05, 0) is 48.5 Å². The summed E-state index contributed by atoms with van der Waals surface area (Å²) in [5.74, 6) is -1.34. The lowest BCUT2D eigenvalue weighted by Crippen LogP contribution is -2.30. The number of amides is 2. The number of nitrogens with zero attached hydrogens (tertiary/aromatic N) is 2. The van der Waals surface area contributed by atoms with E-state index in [1.807, 2.05) is 0 Å². The molecular formula is C18H15F2N3O2S. The Kier molecular flexibility index (Phi) is 5.32. The molecule has 0 saturated carbocycles. The quantitative estimate of drug-likeness (QED) is 0.889. The number of rotatable bonds is 4. The Hall–Kier alpha value is -2.74. The molecule has 0 aromatic heterocycles. The van der Waals surface area contributed by atoms with E-state index in [4.69, 9.17) is 0 Å². The van der Waals surface area contributed by atoms with Gasteiger partial charge in [-0.15, -0.1) is 0 Å². The van der Waals surface area contributed by atoms with Crippen LogP contribution in [0.3, 0.4) is 0 Å². The molecule has 1 atom stereocenters. The minimum Gasteiger partial charge on any atom is -0.326 e. The molecule has 134 valence electrons. The SMILES string of the molecule is CN1C(=O)[C@H](CC(=O)Nc2ccc(F)cc2)SC1=Nc1ccc(F)cc1. The Morgan fingerprint density at radius 1 is 1.12 bits per heavy atom. The fraction of sp³-hybridized carbons (Fsp3) is 0.167. The van der Waals surface area contributed by atoms with Gasteiger partial charge in [-0.3, -0.25) is 14.5 Å². The Bertz CT molecular complexity index is 854. The molecule has 0 aliphatic carbocycles. The Balaban J connectivity index is 1.65. The summed E-state index contributed by atoms with van der Waals surface area (Å²) in [6.07, 6.45) is -0.0341. The van der Waals surface area contributed by atoms with E-state index in [2.05, 4.69) is 10.3 Å². The Morgan fingerprint density at radius 2 is 1.69 bits per heavy atom. The van der Waals surface area contributed by atoms with Crippen LogP contribution in [0, 0.1) is 11.6 Å². The maximum absolute atomic E-state index is 13.0. The van der Waals surface area contributed by atoms with E-state index >= 15 is 0 Å². The normalized spacial score (nSPS) is 18.4. The van der Waals surface area contributed by atoms with Crippen molar-refractivity contribution in [2.45, 2.75) is 11.7 Å². The predicted octanol–water partition coefficient (Wildman–Crippen LogP) is 3.55. The Morgan fingerprint density at radius 3 is 2.31 bits per heavy atom. The van der Waals surface area contributed by atoms with Crippen molar-refractivity contribution in [3.63, 3.8) is 0 Å². The van der Waals surface area contributed by atoms with Crippen LogP contribution in [0.1, 0.15) is 6.42 Å². The predicted molar refractivity (Wildman–Crippen MR) is 97.3 cm³/mol. The molecule has 0 spiro atoms. The summed E-state index contributed by atoms with van der Waals surface area (Å²) in [6.45, 7) is 0. The number of amidine groups is 1. The summed E-state index contributed by atoms with van der Waals surface area (Å²) in [5.41, 5.74) is 0.977. The van der Waals surface area contributed by atoms with Crippen molar-refractivity contribution in [2.24, 2.45) is 4.99 Å². The highest BCUT2D eigenvalue weighted by molar-refractivity contribution is 8.15. The summed E-state index contributed by atoms with van der Waals surface area (Å²) < 4.78 is 25.9. The first-order valence-electron chi connectivity index (χ1n) is 7.76. The molecule has 1 N–H and O–H groups in total. The van der Waals surface area contributed by atoms with Crippen molar-refractivity contribution >= 4 is 40.1 Å². The molecule has 1 fully saturated rings. The second kappa shape index (κ2) is 7.65. The van der Waals surface area contributed by atoms with Gasteiger partial charge in [0.1, 0.15) is 16.9 Å². The van der Waals surface area contributed by atoms with Gasteiger partial charge in [0.25, 0.3) is 0 Å². The van der Waals surface area contributed by atoms with Gasteiger partial charge in [0.05, 0.1) is 5.69 Å². The van der Waals surface area contributed by atoms with Gasteiger partial charge in [-0.2, -0.15) is 0 Å². The number of hydrogen-bond acceptors (Lipinski definition) is 4. The van der Waals surface area contributed by atoms with Crippen LogP contribution in [0.25, 0.3) is 0 Å². The fourth-order valence-electron chi connectivity index (χ4n) is 2.34. The van der Waals surface area contributed by atoms with Crippen molar-refractivity contribution < 1.29 is 18.4 Å². The van der Waals surface area contributed by atoms with E-state index < -0.39 is 11.1 Å². The highest BCUT2D eigenvalue weighted by Crippen LogP contribution is 2.30.